The van der Waals surface area contributed by atoms with Crippen LogP contribution in [0.4, 0.5) is 0 Å². The van der Waals surface area contributed by atoms with Gasteiger partial charge < -0.3 is 10.6 Å². The summed E-state index contributed by atoms with van der Waals surface area (Å²) in [7, 11) is 0. The molecule has 1 aliphatic rings. The molecule has 1 aliphatic carbocycles. The maximum atomic E-state index is 4.62. The number of hydrogen-bond acceptors (Lipinski definition) is 3. The first-order valence-electron chi connectivity index (χ1n) is 7.21. The molecule has 5 heteroatoms. The zero-order valence-electron chi connectivity index (χ0n) is 12.1. The van der Waals surface area contributed by atoms with Crippen LogP contribution in [0.15, 0.2) is 10.4 Å². The van der Waals surface area contributed by atoms with Crippen LogP contribution in [0.1, 0.15) is 37.9 Å². The first-order chi connectivity index (χ1) is 9.22. The molecule has 0 aliphatic heterocycles. The predicted octanol–water partition coefficient (Wildman–Crippen LogP) is 2.21. The molecule has 106 valence electrons. The molecule has 2 rings (SSSR count). The van der Waals surface area contributed by atoms with E-state index in [9.17, 15) is 0 Å². The Morgan fingerprint density at radius 3 is 2.89 bits per heavy atom. The van der Waals surface area contributed by atoms with Crippen molar-refractivity contribution in [2.45, 2.75) is 46.1 Å². The summed E-state index contributed by atoms with van der Waals surface area (Å²) in [6.07, 6.45) is 3.21. The molecule has 2 N–H and O–H groups in total. The van der Waals surface area contributed by atoms with E-state index in [1.807, 2.05) is 0 Å². The lowest BCUT2D eigenvalue weighted by molar-refractivity contribution is 0.764. The summed E-state index contributed by atoms with van der Waals surface area (Å²) in [6.45, 7) is 8.21. The third kappa shape index (κ3) is 4.49. The largest absolute Gasteiger partial charge is 0.357 e. The molecule has 2 unspecified atom stereocenters. The Labute approximate surface area is 119 Å². The molecule has 1 heterocycles. The highest BCUT2D eigenvalue weighted by atomic mass is 32.1. The molecule has 0 bridgehead atoms. The van der Waals surface area contributed by atoms with Crippen molar-refractivity contribution in [3.63, 3.8) is 0 Å². The highest BCUT2D eigenvalue weighted by Gasteiger charge is 2.33. The van der Waals surface area contributed by atoms with Crippen LogP contribution in [0.3, 0.4) is 0 Å². The van der Waals surface area contributed by atoms with Gasteiger partial charge in [-0.3, -0.25) is 4.99 Å². The number of thiazole rings is 1. The molecule has 2 atom stereocenters. The van der Waals surface area contributed by atoms with E-state index in [1.165, 1.54) is 17.1 Å². The highest BCUT2D eigenvalue weighted by molar-refractivity contribution is 7.09. The van der Waals surface area contributed by atoms with Gasteiger partial charge in [0.15, 0.2) is 5.96 Å². The van der Waals surface area contributed by atoms with Crippen molar-refractivity contribution in [2.24, 2.45) is 10.9 Å². The normalized spacial score (nSPS) is 22.4. The predicted molar refractivity (Wildman–Crippen MR) is 81.9 cm³/mol. The van der Waals surface area contributed by atoms with Gasteiger partial charge in [-0.2, -0.15) is 0 Å². The molecule has 0 aromatic carbocycles. The van der Waals surface area contributed by atoms with Gasteiger partial charge in [0.2, 0.25) is 0 Å². The minimum absolute atomic E-state index is 0.615. The van der Waals surface area contributed by atoms with Gasteiger partial charge in [-0.1, -0.05) is 13.8 Å². The molecule has 0 amide bonds. The summed E-state index contributed by atoms with van der Waals surface area (Å²) in [5, 5.41) is 10.1. The fourth-order valence-corrected chi connectivity index (χ4v) is 2.71. The van der Waals surface area contributed by atoms with E-state index in [-0.39, 0.29) is 0 Å². The van der Waals surface area contributed by atoms with Gasteiger partial charge in [-0.15, -0.1) is 11.3 Å². The number of guanidine groups is 1. The van der Waals surface area contributed by atoms with Gasteiger partial charge in [-0.25, -0.2) is 4.98 Å². The summed E-state index contributed by atoms with van der Waals surface area (Å²) in [6, 6.07) is 0.615. The third-order valence-corrected chi connectivity index (χ3v) is 4.36. The monoisotopic (exact) mass is 280 g/mol. The summed E-state index contributed by atoms with van der Waals surface area (Å²) < 4.78 is 0. The molecular formula is C14H24N4S. The van der Waals surface area contributed by atoms with Crippen molar-refractivity contribution in [1.82, 2.24) is 15.6 Å². The maximum absolute atomic E-state index is 4.62. The van der Waals surface area contributed by atoms with Gasteiger partial charge >= 0.3 is 0 Å². The van der Waals surface area contributed by atoms with Crippen molar-refractivity contribution in [3.05, 3.63) is 16.1 Å². The second kappa shape index (κ2) is 6.89. The Hall–Kier alpha value is -1.10. The van der Waals surface area contributed by atoms with Crippen LogP contribution in [0.5, 0.6) is 0 Å². The fraction of sp³-hybridized carbons (Fsp3) is 0.714. The number of hydrogen-bond donors (Lipinski definition) is 2. The highest BCUT2D eigenvalue weighted by Crippen LogP contribution is 2.28. The van der Waals surface area contributed by atoms with Gasteiger partial charge in [0.1, 0.15) is 0 Å². The Morgan fingerprint density at radius 2 is 2.32 bits per heavy atom. The van der Waals surface area contributed by atoms with E-state index < -0.39 is 0 Å². The van der Waals surface area contributed by atoms with Gasteiger partial charge in [0, 0.05) is 30.9 Å². The zero-order valence-corrected chi connectivity index (χ0v) is 12.9. The topological polar surface area (TPSA) is 49.3 Å². The van der Waals surface area contributed by atoms with Crippen LogP contribution < -0.4 is 10.6 Å². The van der Waals surface area contributed by atoms with Crippen LogP contribution in [0.2, 0.25) is 0 Å². The van der Waals surface area contributed by atoms with Crippen molar-refractivity contribution in [3.8, 4) is 0 Å². The molecule has 0 spiro atoms. The standard InChI is InChI=1S/C14H24N4S/c1-4-13-17-11(9-19-13)6-7-16-14(15-5-2)18-12-8-10(12)3/h9-10,12H,4-8H2,1-3H3,(H2,15,16,18). The lowest BCUT2D eigenvalue weighted by Crippen LogP contribution is -2.39. The van der Waals surface area contributed by atoms with E-state index in [0.717, 1.165) is 37.8 Å². The van der Waals surface area contributed by atoms with Gasteiger partial charge in [-0.05, 0) is 25.7 Å². The molecular weight excluding hydrogens is 256 g/mol. The number of aliphatic imine (C=N–C) groups is 1. The van der Waals surface area contributed by atoms with E-state index in [0.29, 0.717) is 6.04 Å². The van der Waals surface area contributed by atoms with E-state index in [1.54, 1.807) is 11.3 Å². The first kappa shape index (κ1) is 14.3. The molecule has 1 saturated carbocycles. The van der Waals surface area contributed by atoms with E-state index in [2.05, 4.69) is 46.8 Å². The molecule has 0 radical (unpaired) electrons. The van der Waals surface area contributed by atoms with Crippen molar-refractivity contribution in [2.75, 3.05) is 13.1 Å². The minimum Gasteiger partial charge on any atom is -0.357 e. The van der Waals surface area contributed by atoms with Gasteiger partial charge in [0.25, 0.3) is 0 Å². The second-order valence-electron chi connectivity index (χ2n) is 5.06. The number of nitrogens with one attached hydrogen (secondary N) is 2. The van der Waals surface area contributed by atoms with E-state index >= 15 is 0 Å². The Kier molecular flexibility index (Phi) is 5.19. The summed E-state index contributed by atoms with van der Waals surface area (Å²) in [4.78, 5) is 9.18. The average molecular weight is 280 g/mol. The Balaban J connectivity index is 1.80. The second-order valence-corrected chi connectivity index (χ2v) is 6.00. The average Bonchev–Trinajstić information content (AvgIpc) is 2.92. The van der Waals surface area contributed by atoms with Crippen molar-refractivity contribution in [1.29, 1.82) is 0 Å². The lowest BCUT2D eigenvalue weighted by Gasteiger charge is -2.10. The summed E-state index contributed by atoms with van der Waals surface area (Å²) >= 11 is 1.75. The summed E-state index contributed by atoms with van der Waals surface area (Å²) in [5.41, 5.74) is 1.17. The van der Waals surface area contributed by atoms with Crippen LogP contribution in [0.25, 0.3) is 0 Å². The van der Waals surface area contributed by atoms with Gasteiger partial charge in [0.05, 0.1) is 10.7 Å². The van der Waals surface area contributed by atoms with Crippen molar-refractivity contribution < 1.29 is 0 Å². The van der Waals surface area contributed by atoms with Crippen LogP contribution in [0, 0.1) is 5.92 Å². The molecule has 1 aromatic rings. The Morgan fingerprint density at radius 1 is 1.53 bits per heavy atom. The van der Waals surface area contributed by atoms with E-state index in [4.69, 9.17) is 0 Å². The lowest BCUT2D eigenvalue weighted by atomic mass is 10.3. The molecule has 1 aromatic heterocycles. The van der Waals surface area contributed by atoms with Crippen molar-refractivity contribution >= 4 is 17.3 Å². The maximum Gasteiger partial charge on any atom is 0.191 e. The number of aromatic nitrogens is 1. The zero-order chi connectivity index (χ0) is 13.7. The Bertz CT molecular complexity index is 427. The van der Waals surface area contributed by atoms with Crippen LogP contribution in [-0.2, 0) is 12.8 Å². The fourth-order valence-electron chi connectivity index (χ4n) is 1.93. The SMILES string of the molecule is CCNC(=NCCc1csc(CC)n1)NC1CC1C. The quantitative estimate of drug-likeness (QED) is 0.620. The molecule has 4 nitrogen and oxygen atoms in total. The van der Waals surface area contributed by atoms with Crippen LogP contribution >= 0.6 is 11.3 Å². The third-order valence-electron chi connectivity index (χ3n) is 3.32. The first-order valence-corrected chi connectivity index (χ1v) is 8.09. The number of aryl methyl sites for hydroxylation is 1. The molecule has 1 fully saturated rings. The van der Waals surface area contributed by atoms with Crippen LogP contribution in [-0.4, -0.2) is 30.1 Å². The molecule has 0 saturated heterocycles. The number of nitrogens with zero attached hydrogens (tertiary/aromatic N) is 2. The summed E-state index contributed by atoms with van der Waals surface area (Å²) in [5.74, 6) is 1.73. The minimum atomic E-state index is 0.615. The molecule has 19 heavy (non-hydrogen) atoms. The smallest absolute Gasteiger partial charge is 0.191 e. The number of rotatable bonds is 6.